The minimum absolute atomic E-state index is 0.199. The predicted octanol–water partition coefficient (Wildman–Crippen LogP) is 3.93. The quantitative estimate of drug-likeness (QED) is 0.477. The summed E-state index contributed by atoms with van der Waals surface area (Å²) in [6, 6.07) is 14.6. The van der Waals surface area contributed by atoms with Gasteiger partial charge < -0.3 is 10.1 Å². The van der Waals surface area contributed by atoms with Crippen molar-refractivity contribution in [1.29, 1.82) is 0 Å². The lowest BCUT2D eigenvalue weighted by atomic mass is 10.1. The Labute approximate surface area is 197 Å². The van der Waals surface area contributed by atoms with Crippen molar-refractivity contribution in [1.82, 2.24) is 18.8 Å². The summed E-state index contributed by atoms with van der Waals surface area (Å²) in [7, 11) is -3.29. The average Bonchev–Trinajstić information content (AvgIpc) is 3.22. The van der Waals surface area contributed by atoms with Crippen LogP contribution in [0.4, 0.5) is 10.5 Å². The summed E-state index contributed by atoms with van der Waals surface area (Å²) in [4.78, 5) is 21.3. The summed E-state index contributed by atoms with van der Waals surface area (Å²) in [5, 5.41) is 3.75. The number of ether oxygens (including phenoxy) is 1. The molecule has 1 amide bonds. The molecule has 2 aromatic heterocycles. The van der Waals surface area contributed by atoms with E-state index in [4.69, 9.17) is 4.74 Å². The molecule has 5 rings (SSSR count). The summed E-state index contributed by atoms with van der Waals surface area (Å²) in [6.45, 7) is 2.53. The van der Waals surface area contributed by atoms with Crippen molar-refractivity contribution in [2.75, 3.05) is 18.1 Å². The number of amides is 1. The molecule has 0 radical (unpaired) electrons. The topological polar surface area (TPSA) is 106 Å². The van der Waals surface area contributed by atoms with Crippen molar-refractivity contribution in [2.45, 2.75) is 19.9 Å². The van der Waals surface area contributed by atoms with Gasteiger partial charge in [0.05, 0.1) is 24.0 Å². The van der Waals surface area contributed by atoms with Gasteiger partial charge in [0.2, 0.25) is 15.9 Å². The number of nitrogens with one attached hydrogen (secondary N) is 1. The normalized spacial score (nSPS) is 14.1. The van der Waals surface area contributed by atoms with Crippen LogP contribution in [0.2, 0.25) is 0 Å². The molecule has 0 unspecified atom stereocenters. The molecule has 0 aliphatic carbocycles. The van der Waals surface area contributed by atoms with Gasteiger partial charge in [-0.3, -0.25) is 4.57 Å². The maximum atomic E-state index is 12.8. The number of aromatic nitrogens is 3. The molecule has 9 nitrogen and oxygen atoms in total. The Kier molecular flexibility index (Phi) is 5.54. The van der Waals surface area contributed by atoms with Crippen LogP contribution >= 0.6 is 0 Å². The molecule has 0 saturated heterocycles. The molecular weight excluding hydrogens is 454 g/mol. The van der Waals surface area contributed by atoms with E-state index in [1.54, 1.807) is 16.8 Å². The van der Waals surface area contributed by atoms with Gasteiger partial charge in [0.15, 0.2) is 0 Å². The Morgan fingerprint density at radius 2 is 1.97 bits per heavy atom. The second-order valence-corrected chi connectivity index (χ2v) is 10.2. The van der Waals surface area contributed by atoms with Crippen molar-refractivity contribution in [3.63, 3.8) is 0 Å². The van der Waals surface area contributed by atoms with Gasteiger partial charge in [-0.2, -0.15) is 4.31 Å². The Hall–Kier alpha value is -3.76. The van der Waals surface area contributed by atoms with E-state index < -0.39 is 10.0 Å². The van der Waals surface area contributed by atoms with E-state index in [1.165, 1.54) is 16.9 Å². The van der Waals surface area contributed by atoms with Gasteiger partial charge in [0.25, 0.3) is 0 Å². The molecule has 0 saturated carbocycles. The zero-order valence-corrected chi connectivity index (χ0v) is 19.5. The second kappa shape index (κ2) is 8.54. The number of benzene rings is 2. The Balaban J connectivity index is 1.37. The number of aryl methyl sites for hydroxylation is 1. The highest BCUT2D eigenvalue weighted by Gasteiger charge is 2.27. The van der Waals surface area contributed by atoms with Crippen molar-refractivity contribution < 1.29 is 17.9 Å². The molecule has 0 fully saturated rings. The van der Waals surface area contributed by atoms with E-state index in [-0.39, 0.29) is 12.6 Å². The smallest absolute Gasteiger partial charge is 0.330 e. The fraction of sp³-hybridized carbons (Fsp3) is 0.208. The third-order valence-corrected chi connectivity index (χ3v) is 7.02. The van der Waals surface area contributed by atoms with Gasteiger partial charge in [-0.1, -0.05) is 12.1 Å². The maximum Gasteiger partial charge on any atom is 0.330 e. The van der Waals surface area contributed by atoms with Gasteiger partial charge >= 0.3 is 6.03 Å². The first-order valence-corrected chi connectivity index (χ1v) is 12.6. The lowest BCUT2D eigenvalue weighted by molar-refractivity contribution is 0.254. The number of anilines is 1. The van der Waals surface area contributed by atoms with Gasteiger partial charge in [-0.15, -0.1) is 0 Å². The van der Waals surface area contributed by atoms with Crippen LogP contribution in [0, 0.1) is 6.92 Å². The SMILES string of the molecule is Cc1cccc(NC(=O)n2ccc3cc(Oc4ncnc5c4CCN(S(C)(=O)=O)C5)ccc32)c1. The fourth-order valence-corrected chi connectivity index (χ4v) is 4.83. The summed E-state index contributed by atoms with van der Waals surface area (Å²) < 4.78 is 32.8. The van der Waals surface area contributed by atoms with Gasteiger partial charge in [-0.05, 0) is 55.3 Å². The predicted molar refractivity (Wildman–Crippen MR) is 129 cm³/mol. The lowest BCUT2D eigenvalue weighted by Crippen LogP contribution is -2.35. The number of carbonyl (C=O) groups excluding carboxylic acids is 1. The third kappa shape index (κ3) is 4.37. The standard InChI is InChI=1S/C24H23N5O4S/c1-16-4-3-5-18(12-16)27-24(30)29-11-8-17-13-19(6-7-22(17)29)33-23-20-9-10-28(34(2,31)32)14-21(20)25-15-26-23/h3-8,11-13,15H,9-10,14H2,1-2H3,(H,27,30). The largest absolute Gasteiger partial charge is 0.439 e. The van der Waals surface area contributed by atoms with Gasteiger partial charge in [0.1, 0.15) is 12.1 Å². The molecule has 2 aromatic carbocycles. The minimum Gasteiger partial charge on any atom is -0.439 e. The number of rotatable bonds is 4. The summed E-state index contributed by atoms with van der Waals surface area (Å²) in [6.07, 6.45) is 4.76. The maximum absolute atomic E-state index is 12.8. The molecule has 10 heteroatoms. The van der Waals surface area contributed by atoms with Crippen molar-refractivity contribution in [3.8, 4) is 11.6 Å². The Bertz CT molecular complexity index is 1510. The second-order valence-electron chi connectivity index (χ2n) is 8.26. The fourth-order valence-electron chi connectivity index (χ4n) is 4.05. The molecule has 174 valence electrons. The van der Waals surface area contributed by atoms with E-state index in [2.05, 4.69) is 15.3 Å². The number of carbonyl (C=O) groups is 1. The van der Waals surface area contributed by atoms with Gasteiger partial charge in [0, 0.05) is 29.4 Å². The molecule has 0 atom stereocenters. The van der Waals surface area contributed by atoms with Crippen molar-refractivity contribution in [2.24, 2.45) is 0 Å². The van der Waals surface area contributed by atoms with E-state index in [1.807, 2.05) is 49.4 Å². The minimum atomic E-state index is -3.29. The molecule has 3 heterocycles. The number of fused-ring (bicyclic) bond motifs is 2. The highest BCUT2D eigenvalue weighted by Crippen LogP contribution is 2.31. The number of sulfonamides is 1. The Morgan fingerprint density at radius 1 is 1.12 bits per heavy atom. The van der Waals surface area contributed by atoms with E-state index in [0.717, 1.165) is 27.7 Å². The van der Waals surface area contributed by atoms with Crippen LogP contribution in [0.25, 0.3) is 10.9 Å². The van der Waals surface area contributed by atoms with Crippen LogP contribution in [-0.4, -0.2) is 46.1 Å². The lowest BCUT2D eigenvalue weighted by Gasteiger charge is -2.26. The van der Waals surface area contributed by atoms with Crippen LogP contribution in [0.5, 0.6) is 11.6 Å². The van der Waals surface area contributed by atoms with E-state index in [0.29, 0.717) is 30.3 Å². The first kappa shape index (κ1) is 22.1. The molecule has 0 spiro atoms. The van der Waals surface area contributed by atoms with Crippen LogP contribution in [-0.2, 0) is 23.0 Å². The highest BCUT2D eigenvalue weighted by atomic mass is 32.2. The number of nitrogens with zero attached hydrogens (tertiary/aromatic N) is 4. The molecule has 1 aliphatic rings. The van der Waals surface area contributed by atoms with Crippen LogP contribution < -0.4 is 10.1 Å². The molecule has 0 bridgehead atoms. The summed E-state index contributed by atoms with van der Waals surface area (Å²) in [5.74, 6) is 0.977. The zero-order valence-electron chi connectivity index (χ0n) is 18.7. The number of hydrogen-bond acceptors (Lipinski definition) is 6. The first-order valence-electron chi connectivity index (χ1n) is 10.7. The van der Waals surface area contributed by atoms with E-state index >= 15 is 0 Å². The molecule has 1 N–H and O–H groups in total. The molecule has 4 aromatic rings. The van der Waals surface area contributed by atoms with Crippen LogP contribution in [0.3, 0.4) is 0 Å². The Morgan fingerprint density at radius 3 is 2.76 bits per heavy atom. The summed E-state index contributed by atoms with van der Waals surface area (Å²) in [5.41, 5.74) is 3.98. The van der Waals surface area contributed by atoms with E-state index in [9.17, 15) is 13.2 Å². The van der Waals surface area contributed by atoms with Crippen molar-refractivity contribution >= 4 is 32.6 Å². The highest BCUT2D eigenvalue weighted by molar-refractivity contribution is 7.88. The average molecular weight is 478 g/mol. The summed E-state index contributed by atoms with van der Waals surface area (Å²) >= 11 is 0. The van der Waals surface area contributed by atoms with Crippen LogP contribution in [0.1, 0.15) is 16.8 Å². The zero-order chi connectivity index (χ0) is 23.9. The first-order chi connectivity index (χ1) is 16.3. The monoisotopic (exact) mass is 477 g/mol. The molecule has 34 heavy (non-hydrogen) atoms. The number of hydrogen-bond donors (Lipinski definition) is 1. The third-order valence-electron chi connectivity index (χ3n) is 5.77. The molecular formula is C24H23N5O4S. The van der Waals surface area contributed by atoms with Gasteiger partial charge in [-0.25, -0.2) is 23.2 Å². The van der Waals surface area contributed by atoms with Crippen LogP contribution in [0.15, 0.2) is 61.1 Å². The molecule has 1 aliphatic heterocycles. The van der Waals surface area contributed by atoms with Crippen molar-refractivity contribution in [3.05, 3.63) is 77.9 Å².